The summed E-state index contributed by atoms with van der Waals surface area (Å²) in [5.74, 6) is 3.89. The number of piperazine rings is 2. The lowest BCUT2D eigenvalue weighted by atomic mass is 9.97. The highest BCUT2D eigenvalue weighted by Crippen LogP contribution is 2.33. The topological polar surface area (TPSA) is 171 Å². The van der Waals surface area contributed by atoms with Crippen molar-refractivity contribution in [1.82, 2.24) is 44.9 Å². The van der Waals surface area contributed by atoms with Gasteiger partial charge in [-0.05, 0) is 218 Å². The summed E-state index contributed by atoms with van der Waals surface area (Å²) in [7, 11) is 13.9. The second kappa shape index (κ2) is 67.7. The molecule has 0 amide bonds. The molecule has 4 saturated heterocycles. The number of rotatable bonds is 40. The molecule has 10 aromatic rings. The quantitative estimate of drug-likeness (QED) is 0.0161. The lowest BCUT2D eigenvalue weighted by molar-refractivity contribution is -0.137. The molecule has 4 aliphatic rings. The number of thioether (sulfide) groups is 1. The smallest absolute Gasteiger partial charge is 0.416 e. The Morgan fingerprint density at radius 3 is 1.29 bits per heavy atom. The Hall–Kier alpha value is -10.7. The molecular weight excluding hydrogens is 1780 g/mol. The molecule has 0 bridgehead atoms. The third-order valence-electron chi connectivity index (χ3n) is 24.4. The largest absolute Gasteiger partial charge is 0.494 e. The fourth-order valence-corrected chi connectivity index (χ4v) is 16.5. The van der Waals surface area contributed by atoms with E-state index in [1.165, 1.54) is 92.3 Å². The molecular formula is C117H156F4N10O8S. The van der Waals surface area contributed by atoms with Crippen molar-refractivity contribution in [3.05, 3.63) is 334 Å². The number of carbonyl (C=O) groups excluding carboxylic acids is 6. The summed E-state index contributed by atoms with van der Waals surface area (Å²) in [5, 5.41) is 6.13. The van der Waals surface area contributed by atoms with Gasteiger partial charge in [-0.15, -0.1) is 11.8 Å². The number of nitrogens with one attached hydrogen (secondary N) is 2. The van der Waals surface area contributed by atoms with E-state index in [1.54, 1.807) is 6.07 Å². The summed E-state index contributed by atoms with van der Waals surface area (Å²) in [6, 6.07) is 83.6. The maximum atomic E-state index is 13.8. The van der Waals surface area contributed by atoms with Gasteiger partial charge in [-0.3, -0.25) is 33.7 Å². The number of para-hydroxylation sites is 2. The van der Waals surface area contributed by atoms with Gasteiger partial charge in [0.15, 0.2) is 34.7 Å². The summed E-state index contributed by atoms with van der Waals surface area (Å²) in [5.41, 5.74) is 8.44. The van der Waals surface area contributed by atoms with E-state index in [4.69, 9.17) is 9.47 Å². The Morgan fingerprint density at radius 2 is 0.843 bits per heavy atom. The molecule has 4 fully saturated rings. The van der Waals surface area contributed by atoms with Crippen LogP contribution in [0.5, 0.6) is 11.5 Å². The van der Waals surface area contributed by atoms with Gasteiger partial charge < -0.3 is 54.4 Å². The molecule has 140 heavy (non-hydrogen) atoms. The monoisotopic (exact) mass is 1940 g/mol. The first-order chi connectivity index (χ1) is 67.7. The molecule has 2 atom stereocenters. The standard InChI is InChI=1S/C19H21FN2O.C17H18F3NO.C17H25NO.C14H20N2O.C14H21NOS.C14H19NO.C12H17NO.C10H15NO/c20-17-8-4-5-9-18(17)22-14-12-21(13-15-22)11-10-19(23)16-6-2-1-3-7-16;1-21-12-11-16(13-5-3-2-4-6-13)22-15-9-7-14(8-10-15)17(18,19)20;1-3-15-7-9-16(10-8-15)17(19)14(2)13-18-11-5-4-6-12-18;1-15-9-11-16(12-10-15)8-7-14(17)13-5-3-2-4-6-13;1-4-11-17-13-7-5-12(6-8-13)14(16)9-10-15(2)3;16-14(13-7-3-1-4-8-13)9-12-15-10-5-2-6-11-15;1-10-4-6-11(7-5-10)12(14)8-9-13(2)3;1-11-8-5-9-12-10-6-3-2-4-7-10/h1-9H,10-15H2;2-10,16,21H,11-12H2,1H3;7-10,14H,3-6,11-13H2,1-2H3;2-6H,7-12H2,1H3;5-8H,4,9-11H2,1-3H3;1,3-4,7-8H,2,5-6,9-12H2;4-7H,8-9H2,1-3H3;2-4,6-7,11H,5,8-9H2,1H3. The molecule has 23 heteroatoms. The first kappa shape index (κ1) is 116. The molecule has 14 rings (SSSR count). The minimum absolute atomic E-state index is 0.102. The highest BCUT2D eigenvalue weighted by molar-refractivity contribution is 7.99. The SMILES string of the molecule is CCCSc1ccc(C(=O)CCN(C)C)cc1.CCc1ccc(C(=O)C(C)CN2CCCCC2)cc1.CN1CCN(CCC(=O)c2ccccc2)CC1.CNCCC(Oc1ccc(C(F)(F)F)cc1)c1ccccc1.CNCCCOc1ccccc1.Cc1ccc(C(=O)CCN(C)C)cc1.O=C(CCN1CCCCC1)c1ccccc1.O=C(CCN1CCN(c2ccccc2F)CC1)c1ccccc1. The number of likely N-dealkylation sites (tertiary alicyclic amines) is 2. The number of ketones is 6. The van der Waals surface area contributed by atoms with Crippen LogP contribution < -0.4 is 25.0 Å². The number of alkyl halides is 3. The molecule has 10 aromatic carbocycles. The number of nitrogens with zero attached hydrogens (tertiary/aromatic N) is 8. The van der Waals surface area contributed by atoms with Crippen LogP contribution in [0.4, 0.5) is 23.2 Å². The Morgan fingerprint density at radius 1 is 0.436 bits per heavy atom. The van der Waals surface area contributed by atoms with E-state index in [-0.39, 0.29) is 52.5 Å². The normalized spacial score (nSPS) is 14.4. The number of piperidine rings is 2. The summed E-state index contributed by atoms with van der Waals surface area (Å²) >= 11 is 1.84. The van der Waals surface area contributed by atoms with E-state index in [2.05, 4.69) is 80.0 Å². The fraction of sp³-hybridized carbons (Fsp3) is 0.436. The number of hydrogen-bond donors (Lipinski definition) is 2. The molecule has 2 unspecified atom stereocenters. The number of carbonyl (C=O) groups is 6. The molecule has 2 N–H and O–H groups in total. The number of anilines is 1. The number of ether oxygens (including phenoxy) is 2. The molecule has 4 aliphatic heterocycles. The average molecular weight is 1940 g/mol. The fourth-order valence-electron chi connectivity index (χ4n) is 15.8. The van der Waals surface area contributed by atoms with E-state index in [1.807, 2.05) is 295 Å². The van der Waals surface area contributed by atoms with Gasteiger partial charge in [0.2, 0.25) is 0 Å². The van der Waals surface area contributed by atoms with Gasteiger partial charge in [-0.25, -0.2) is 4.39 Å². The van der Waals surface area contributed by atoms with Crippen molar-refractivity contribution in [3.63, 3.8) is 0 Å². The third-order valence-corrected chi connectivity index (χ3v) is 25.6. The summed E-state index contributed by atoms with van der Waals surface area (Å²) in [6.45, 7) is 28.4. The highest BCUT2D eigenvalue weighted by Gasteiger charge is 2.31. The first-order valence-electron chi connectivity index (χ1n) is 50.2. The van der Waals surface area contributed by atoms with Crippen LogP contribution in [0.1, 0.15) is 201 Å². The van der Waals surface area contributed by atoms with E-state index in [0.717, 1.165) is 206 Å². The number of benzene rings is 10. The van der Waals surface area contributed by atoms with Crippen LogP contribution in [-0.4, -0.2) is 262 Å². The van der Waals surface area contributed by atoms with Crippen LogP contribution in [-0.2, 0) is 12.6 Å². The molecule has 0 aromatic heterocycles. The van der Waals surface area contributed by atoms with Crippen molar-refractivity contribution in [2.75, 3.05) is 197 Å². The van der Waals surface area contributed by atoms with E-state index < -0.39 is 11.7 Å². The van der Waals surface area contributed by atoms with Gasteiger partial charge in [0.05, 0.1) is 17.9 Å². The zero-order valence-electron chi connectivity index (χ0n) is 85.1. The van der Waals surface area contributed by atoms with Crippen molar-refractivity contribution in [1.29, 1.82) is 0 Å². The molecule has 0 saturated carbocycles. The highest BCUT2D eigenvalue weighted by atomic mass is 32.2. The van der Waals surface area contributed by atoms with Gasteiger partial charge in [0.1, 0.15) is 23.4 Å². The van der Waals surface area contributed by atoms with Crippen molar-refractivity contribution in [2.24, 2.45) is 5.92 Å². The summed E-state index contributed by atoms with van der Waals surface area (Å²) < 4.78 is 62.8. The zero-order valence-corrected chi connectivity index (χ0v) is 85.9. The van der Waals surface area contributed by atoms with Crippen LogP contribution in [0.15, 0.2) is 278 Å². The Labute approximate surface area is 838 Å². The van der Waals surface area contributed by atoms with Gasteiger partial charge >= 0.3 is 6.18 Å². The number of Topliss-reactive ketones (excluding diaryl/α,β-unsaturated/α-hetero) is 6. The second-order valence-electron chi connectivity index (χ2n) is 36.4. The minimum atomic E-state index is -4.33. The van der Waals surface area contributed by atoms with Gasteiger partial charge in [-0.1, -0.05) is 251 Å². The van der Waals surface area contributed by atoms with Crippen molar-refractivity contribution >= 4 is 52.1 Å². The molecule has 756 valence electrons. The van der Waals surface area contributed by atoms with Crippen LogP contribution in [0.3, 0.4) is 0 Å². The van der Waals surface area contributed by atoms with Crippen LogP contribution in [0, 0.1) is 18.7 Å². The van der Waals surface area contributed by atoms with Crippen molar-refractivity contribution in [3.8, 4) is 11.5 Å². The van der Waals surface area contributed by atoms with Gasteiger partial charge in [0, 0.05) is 174 Å². The molecule has 0 radical (unpaired) electrons. The summed E-state index contributed by atoms with van der Waals surface area (Å²) in [4.78, 5) is 91.0. The van der Waals surface area contributed by atoms with Gasteiger partial charge in [0.25, 0.3) is 0 Å². The number of halogens is 4. The Balaban J connectivity index is 0.000000219. The number of likely N-dealkylation sites (N-methyl/N-ethyl adjacent to an activating group) is 1. The minimum Gasteiger partial charge on any atom is -0.494 e. The van der Waals surface area contributed by atoms with E-state index in [0.29, 0.717) is 43.5 Å². The zero-order chi connectivity index (χ0) is 101. The van der Waals surface area contributed by atoms with Gasteiger partial charge in [-0.2, -0.15) is 13.2 Å². The van der Waals surface area contributed by atoms with Crippen LogP contribution >= 0.6 is 11.8 Å². The maximum Gasteiger partial charge on any atom is 0.416 e. The molecule has 0 spiro atoms. The molecule has 4 heterocycles. The predicted molar refractivity (Wildman–Crippen MR) is 569 cm³/mol. The number of hydrogen-bond acceptors (Lipinski definition) is 19. The molecule has 0 aliphatic carbocycles. The number of aryl methyl sites for hydroxylation is 2. The average Bonchev–Trinajstić information content (AvgIpc) is 0.842. The Kier molecular flexibility index (Phi) is 56.2. The van der Waals surface area contributed by atoms with Crippen molar-refractivity contribution < 1.29 is 55.8 Å². The lowest BCUT2D eigenvalue weighted by Gasteiger charge is -2.36. The first-order valence-corrected chi connectivity index (χ1v) is 51.2. The van der Waals surface area contributed by atoms with Crippen LogP contribution in [0.2, 0.25) is 0 Å². The predicted octanol–water partition coefficient (Wildman–Crippen LogP) is 22.6. The second-order valence-corrected chi connectivity index (χ2v) is 37.5. The third kappa shape index (κ3) is 47.3. The molecule has 18 nitrogen and oxygen atoms in total. The van der Waals surface area contributed by atoms with Crippen molar-refractivity contribution in [2.45, 2.75) is 141 Å². The summed E-state index contributed by atoms with van der Waals surface area (Å²) in [6.07, 6.45) is 10.3. The maximum absolute atomic E-state index is 13.8. The Bertz CT molecular complexity index is 5030. The van der Waals surface area contributed by atoms with E-state index >= 15 is 0 Å². The van der Waals surface area contributed by atoms with E-state index in [9.17, 15) is 46.3 Å². The lowest BCUT2D eigenvalue weighted by Crippen LogP contribution is -2.47. The van der Waals surface area contributed by atoms with Crippen LogP contribution in [0.25, 0.3) is 0 Å².